The summed E-state index contributed by atoms with van der Waals surface area (Å²) in [4.78, 5) is 14.8. The number of carboxylic acids is 1. The van der Waals surface area contributed by atoms with Crippen molar-refractivity contribution in [3.63, 3.8) is 0 Å². The molecule has 5 heteroatoms. The predicted molar refractivity (Wildman–Crippen MR) is 69.9 cm³/mol. The van der Waals surface area contributed by atoms with Crippen LogP contribution in [0.4, 0.5) is 0 Å². The summed E-state index contributed by atoms with van der Waals surface area (Å²) in [5.74, 6) is -0.0209. The average Bonchev–Trinajstić information content (AvgIpc) is 2.89. The second kappa shape index (κ2) is 6.15. The number of pyridine rings is 1. The van der Waals surface area contributed by atoms with E-state index in [0.29, 0.717) is 6.54 Å². The maximum absolute atomic E-state index is 10.7. The third-order valence-corrected chi connectivity index (χ3v) is 2.79. The van der Waals surface area contributed by atoms with Gasteiger partial charge in [0.05, 0.1) is 17.5 Å². The van der Waals surface area contributed by atoms with E-state index in [0.717, 1.165) is 17.9 Å². The number of furan rings is 1. The molecule has 5 nitrogen and oxygen atoms in total. The summed E-state index contributed by atoms with van der Waals surface area (Å²) in [6.07, 6.45) is 3.84. The Morgan fingerprint density at radius 2 is 2.32 bits per heavy atom. The lowest BCUT2D eigenvalue weighted by Gasteiger charge is -2.11. The van der Waals surface area contributed by atoms with Gasteiger partial charge in [0.25, 0.3) is 0 Å². The Morgan fingerprint density at radius 3 is 2.89 bits per heavy atom. The van der Waals surface area contributed by atoms with Gasteiger partial charge in [-0.3, -0.25) is 4.98 Å². The standard InChI is InChI=1S/C14H16N2O3/c1-10(7-13-3-2-6-19-13)15-9-12-5-4-11(8-16-12)14(17)18/h2-6,8,10,15H,7,9H2,1H3,(H,17,18). The Hall–Kier alpha value is -2.14. The van der Waals surface area contributed by atoms with Gasteiger partial charge in [0, 0.05) is 25.2 Å². The van der Waals surface area contributed by atoms with Crippen LogP contribution in [0.25, 0.3) is 0 Å². The van der Waals surface area contributed by atoms with Gasteiger partial charge in [0.1, 0.15) is 5.76 Å². The van der Waals surface area contributed by atoms with Crippen molar-refractivity contribution in [1.82, 2.24) is 10.3 Å². The molecule has 1 unspecified atom stereocenters. The van der Waals surface area contributed by atoms with Crippen LogP contribution in [-0.2, 0) is 13.0 Å². The Balaban J connectivity index is 1.83. The first-order valence-electron chi connectivity index (χ1n) is 6.09. The summed E-state index contributed by atoms with van der Waals surface area (Å²) in [6, 6.07) is 7.35. The molecule has 0 spiro atoms. The van der Waals surface area contributed by atoms with Gasteiger partial charge in [-0.05, 0) is 31.2 Å². The van der Waals surface area contributed by atoms with Crippen molar-refractivity contribution in [2.75, 3.05) is 0 Å². The summed E-state index contributed by atoms with van der Waals surface area (Å²) in [7, 11) is 0. The van der Waals surface area contributed by atoms with Crippen LogP contribution in [0.2, 0.25) is 0 Å². The van der Waals surface area contributed by atoms with Crippen molar-refractivity contribution in [3.05, 3.63) is 53.7 Å². The van der Waals surface area contributed by atoms with Crippen molar-refractivity contribution < 1.29 is 14.3 Å². The molecule has 100 valence electrons. The number of carbonyl (C=O) groups is 1. The Kier molecular flexibility index (Phi) is 4.30. The van der Waals surface area contributed by atoms with Crippen LogP contribution in [0, 0.1) is 0 Å². The lowest BCUT2D eigenvalue weighted by Crippen LogP contribution is -2.27. The summed E-state index contributed by atoms with van der Waals surface area (Å²) < 4.78 is 5.28. The monoisotopic (exact) mass is 260 g/mol. The zero-order valence-corrected chi connectivity index (χ0v) is 10.7. The van der Waals surface area contributed by atoms with E-state index in [1.54, 1.807) is 18.4 Å². The first-order valence-corrected chi connectivity index (χ1v) is 6.09. The van der Waals surface area contributed by atoms with Crippen molar-refractivity contribution in [1.29, 1.82) is 0 Å². The SMILES string of the molecule is CC(Cc1ccco1)NCc1ccc(C(=O)O)cn1. The molecule has 0 radical (unpaired) electrons. The van der Waals surface area contributed by atoms with E-state index in [2.05, 4.69) is 17.2 Å². The second-order valence-corrected chi connectivity index (χ2v) is 4.41. The van der Waals surface area contributed by atoms with Gasteiger partial charge in [0.15, 0.2) is 0 Å². The van der Waals surface area contributed by atoms with E-state index in [9.17, 15) is 4.79 Å². The predicted octanol–water partition coefficient (Wildman–Crippen LogP) is 2.09. The summed E-state index contributed by atoms with van der Waals surface area (Å²) >= 11 is 0. The van der Waals surface area contributed by atoms with Gasteiger partial charge < -0.3 is 14.8 Å². The third-order valence-electron chi connectivity index (χ3n) is 2.79. The lowest BCUT2D eigenvalue weighted by atomic mass is 10.2. The number of nitrogens with zero attached hydrogens (tertiary/aromatic N) is 1. The maximum atomic E-state index is 10.7. The van der Waals surface area contributed by atoms with Gasteiger partial charge in [-0.1, -0.05) is 0 Å². The molecule has 2 aromatic heterocycles. The molecule has 19 heavy (non-hydrogen) atoms. The van der Waals surface area contributed by atoms with Gasteiger partial charge in [-0.15, -0.1) is 0 Å². The minimum Gasteiger partial charge on any atom is -0.478 e. The van der Waals surface area contributed by atoms with Crippen LogP contribution < -0.4 is 5.32 Å². The van der Waals surface area contributed by atoms with Crippen molar-refractivity contribution >= 4 is 5.97 Å². The molecule has 0 saturated heterocycles. The van der Waals surface area contributed by atoms with Crippen molar-refractivity contribution in [2.45, 2.75) is 25.9 Å². The molecule has 0 aliphatic carbocycles. The minimum absolute atomic E-state index is 0.201. The van der Waals surface area contributed by atoms with Gasteiger partial charge >= 0.3 is 5.97 Å². The van der Waals surface area contributed by atoms with Crippen molar-refractivity contribution in [3.8, 4) is 0 Å². The molecular weight excluding hydrogens is 244 g/mol. The lowest BCUT2D eigenvalue weighted by molar-refractivity contribution is 0.0696. The normalized spacial score (nSPS) is 12.3. The molecule has 0 aliphatic heterocycles. The average molecular weight is 260 g/mol. The minimum atomic E-state index is -0.960. The van der Waals surface area contributed by atoms with Crippen molar-refractivity contribution in [2.24, 2.45) is 0 Å². The summed E-state index contributed by atoms with van der Waals surface area (Å²) in [6.45, 7) is 2.66. The van der Waals surface area contributed by atoms with Crippen LogP contribution in [0.15, 0.2) is 41.1 Å². The zero-order valence-electron chi connectivity index (χ0n) is 10.7. The van der Waals surface area contributed by atoms with Crippen LogP contribution in [0.5, 0.6) is 0 Å². The van der Waals surface area contributed by atoms with Crippen LogP contribution in [0.3, 0.4) is 0 Å². The number of aromatic carboxylic acids is 1. The molecule has 2 aromatic rings. The number of nitrogens with one attached hydrogen (secondary N) is 1. The molecule has 0 saturated carbocycles. The third kappa shape index (κ3) is 3.93. The first kappa shape index (κ1) is 13.3. The maximum Gasteiger partial charge on any atom is 0.337 e. The molecule has 0 aliphatic rings. The number of carboxylic acid groups (broad SMARTS) is 1. The molecule has 0 amide bonds. The highest BCUT2D eigenvalue weighted by Gasteiger charge is 2.06. The molecule has 0 fully saturated rings. The van der Waals surface area contributed by atoms with E-state index in [4.69, 9.17) is 9.52 Å². The van der Waals surface area contributed by atoms with E-state index >= 15 is 0 Å². The number of rotatable bonds is 6. The quantitative estimate of drug-likeness (QED) is 0.831. The topological polar surface area (TPSA) is 75.4 Å². The molecule has 2 N–H and O–H groups in total. The summed E-state index contributed by atoms with van der Waals surface area (Å²) in [5.41, 5.74) is 1.02. The highest BCUT2D eigenvalue weighted by atomic mass is 16.4. The second-order valence-electron chi connectivity index (χ2n) is 4.41. The van der Waals surface area contributed by atoms with Gasteiger partial charge in [-0.25, -0.2) is 4.79 Å². The molecule has 2 heterocycles. The molecule has 0 bridgehead atoms. The highest BCUT2D eigenvalue weighted by Crippen LogP contribution is 2.05. The van der Waals surface area contributed by atoms with E-state index in [1.165, 1.54) is 6.20 Å². The van der Waals surface area contributed by atoms with Crippen LogP contribution >= 0.6 is 0 Å². The molecular formula is C14H16N2O3. The largest absolute Gasteiger partial charge is 0.478 e. The van der Waals surface area contributed by atoms with E-state index < -0.39 is 5.97 Å². The number of hydrogen-bond acceptors (Lipinski definition) is 4. The smallest absolute Gasteiger partial charge is 0.337 e. The van der Waals surface area contributed by atoms with E-state index in [-0.39, 0.29) is 11.6 Å². The Morgan fingerprint density at radius 1 is 1.47 bits per heavy atom. The van der Waals surface area contributed by atoms with Crippen LogP contribution in [-0.4, -0.2) is 22.1 Å². The molecule has 2 rings (SSSR count). The number of aromatic nitrogens is 1. The van der Waals surface area contributed by atoms with Gasteiger partial charge in [0.2, 0.25) is 0 Å². The Bertz CT molecular complexity index is 520. The van der Waals surface area contributed by atoms with Gasteiger partial charge in [-0.2, -0.15) is 0 Å². The fourth-order valence-corrected chi connectivity index (χ4v) is 1.74. The highest BCUT2D eigenvalue weighted by molar-refractivity contribution is 5.87. The summed E-state index contributed by atoms with van der Waals surface area (Å²) in [5, 5.41) is 12.1. The Labute approximate surface area is 111 Å². The van der Waals surface area contributed by atoms with E-state index in [1.807, 2.05) is 12.1 Å². The number of hydrogen-bond donors (Lipinski definition) is 2. The fraction of sp³-hybridized carbons (Fsp3) is 0.286. The fourth-order valence-electron chi connectivity index (χ4n) is 1.74. The zero-order chi connectivity index (χ0) is 13.7. The van der Waals surface area contributed by atoms with Crippen LogP contribution in [0.1, 0.15) is 28.7 Å². The molecule has 1 atom stereocenters. The first-order chi connectivity index (χ1) is 9.15. The molecule has 0 aromatic carbocycles.